The molecule has 0 aromatic heterocycles. The number of carboxylic acids is 1. The fourth-order valence-electron chi connectivity index (χ4n) is 1.95. The number of carbonyl (C=O) groups is 3. The van der Waals surface area contributed by atoms with Gasteiger partial charge in [-0.15, -0.1) is 0 Å². The highest BCUT2D eigenvalue weighted by atomic mass is 16.4. The summed E-state index contributed by atoms with van der Waals surface area (Å²) in [6, 6.07) is 5.64. The zero-order valence-corrected chi connectivity index (χ0v) is 14.0. The van der Waals surface area contributed by atoms with Crippen LogP contribution in [0.25, 0.3) is 0 Å². The van der Waals surface area contributed by atoms with Crippen molar-refractivity contribution in [1.29, 1.82) is 0 Å². The second kappa shape index (κ2) is 7.76. The Morgan fingerprint density at radius 3 is 2.17 bits per heavy atom. The molecule has 0 bridgehead atoms. The first-order valence-corrected chi connectivity index (χ1v) is 7.48. The second-order valence-corrected chi connectivity index (χ2v) is 6.75. The molecule has 1 aromatic rings. The largest absolute Gasteiger partial charge is 0.478 e. The van der Waals surface area contributed by atoms with E-state index in [2.05, 4.69) is 10.6 Å². The summed E-state index contributed by atoms with van der Waals surface area (Å²) in [6.45, 7) is 7.77. The average Bonchev–Trinajstić information content (AvgIpc) is 2.42. The molecule has 0 heterocycles. The van der Waals surface area contributed by atoms with Crippen molar-refractivity contribution in [2.45, 2.75) is 46.7 Å². The maximum absolute atomic E-state index is 12.0. The summed E-state index contributed by atoms with van der Waals surface area (Å²) in [5.41, 5.74) is 0.853. The van der Waals surface area contributed by atoms with Crippen LogP contribution in [0.2, 0.25) is 0 Å². The van der Waals surface area contributed by atoms with Crippen molar-refractivity contribution in [1.82, 2.24) is 10.6 Å². The summed E-state index contributed by atoms with van der Waals surface area (Å²) in [7, 11) is 0. The standard InChI is InChI=1S/C17H24N2O4/c1-11(19-14(20)9-17(2,3)4)15(21)18-10-12-5-7-13(8-6-12)16(22)23/h5-8,11H,9-10H2,1-4H3,(H,18,21)(H,19,20)(H,22,23). The Hall–Kier alpha value is -2.37. The van der Waals surface area contributed by atoms with E-state index in [1.165, 1.54) is 12.1 Å². The molecule has 6 heteroatoms. The number of rotatable bonds is 6. The third kappa shape index (κ3) is 6.95. The SMILES string of the molecule is CC(NC(=O)CC(C)(C)C)C(=O)NCc1ccc(C(=O)O)cc1. The number of carbonyl (C=O) groups excluding carboxylic acids is 2. The van der Waals surface area contributed by atoms with Crippen molar-refractivity contribution in [2.24, 2.45) is 5.41 Å². The van der Waals surface area contributed by atoms with Gasteiger partial charge in [-0.2, -0.15) is 0 Å². The molecule has 0 saturated heterocycles. The molecular formula is C17H24N2O4. The van der Waals surface area contributed by atoms with Crippen LogP contribution in [-0.4, -0.2) is 28.9 Å². The highest BCUT2D eigenvalue weighted by molar-refractivity contribution is 5.88. The summed E-state index contributed by atoms with van der Waals surface area (Å²) in [5, 5.41) is 14.2. The van der Waals surface area contributed by atoms with Crippen molar-refractivity contribution < 1.29 is 19.5 Å². The van der Waals surface area contributed by atoms with E-state index in [9.17, 15) is 14.4 Å². The van der Waals surface area contributed by atoms with Crippen molar-refractivity contribution in [3.8, 4) is 0 Å². The fourth-order valence-corrected chi connectivity index (χ4v) is 1.95. The van der Waals surface area contributed by atoms with Crippen LogP contribution in [0, 0.1) is 5.41 Å². The quantitative estimate of drug-likeness (QED) is 0.746. The van der Waals surface area contributed by atoms with Gasteiger partial charge in [-0.05, 0) is 30.0 Å². The summed E-state index contributed by atoms with van der Waals surface area (Å²) < 4.78 is 0. The minimum atomic E-state index is -0.990. The third-order valence-corrected chi connectivity index (χ3v) is 3.13. The van der Waals surface area contributed by atoms with Crippen molar-refractivity contribution in [3.05, 3.63) is 35.4 Å². The van der Waals surface area contributed by atoms with Gasteiger partial charge in [-0.1, -0.05) is 32.9 Å². The predicted octanol–water partition coefficient (Wildman–Crippen LogP) is 1.94. The van der Waals surface area contributed by atoms with Crippen LogP contribution < -0.4 is 10.6 Å². The van der Waals surface area contributed by atoms with Gasteiger partial charge in [0, 0.05) is 13.0 Å². The summed E-state index contributed by atoms with van der Waals surface area (Å²) in [6.07, 6.45) is 0.348. The Bertz CT molecular complexity index is 573. The number of hydrogen-bond donors (Lipinski definition) is 3. The predicted molar refractivity (Wildman–Crippen MR) is 86.9 cm³/mol. The molecular weight excluding hydrogens is 296 g/mol. The first-order chi connectivity index (χ1) is 10.6. The van der Waals surface area contributed by atoms with Gasteiger partial charge < -0.3 is 15.7 Å². The van der Waals surface area contributed by atoms with Crippen LogP contribution in [-0.2, 0) is 16.1 Å². The molecule has 2 amide bonds. The summed E-state index contributed by atoms with van der Waals surface area (Å²) >= 11 is 0. The van der Waals surface area contributed by atoms with Gasteiger partial charge >= 0.3 is 5.97 Å². The number of benzene rings is 1. The van der Waals surface area contributed by atoms with E-state index in [0.29, 0.717) is 6.42 Å². The zero-order valence-electron chi connectivity index (χ0n) is 14.0. The van der Waals surface area contributed by atoms with Crippen molar-refractivity contribution in [2.75, 3.05) is 0 Å². The van der Waals surface area contributed by atoms with Crippen LogP contribution in [0.3, 0.4) is 0 Å². The normalized spacial score (nSPS) is 12.3. The topological polar surface area (TPSA) is 95.5 Å². The van der Waals surface area contributed by atoms with Crippen molar-refractivity contribution >= 4 is 17.8 Å². The van der Waals surface area contributed by atoms with E-state index >= 15 is 0 Å². The van der Waals surface area contributed by atoms with Crippen LogP contribution in [0.1, 0.15) is 50.0 Å². The lowest BCUT2D eigenvalue weighted by Gasteiger charge is -2.20. The molecule has 3 N–H and O–H groups in total. The number of nitrogens with one attached hydrogen (secondary N) is 2. The molecule has 0 spiro atoms. The van der Waals surface area contributed by atoms with Gasteiger partial charge in [-0.25, -0.2) is 4.79 Å². The van der Waals surface area contributed by atoms with Gasteiger partial charge in [0.25, 0.3) is 0 Å². The maximum Gasteiger partial charge on any atom is 0.335 e. The lowest BCUT2D eigenvalue weighted by atomic mass is 9.92. The van der Waals surface area contributed by atoms with Crippen LogP contribution in [0.5, 0.6) is 0 Å². The Kier molecular flexibility index (Phi) is 6.30. The Labute approximate surface area is 136 Å². The Morgan fingerprint density at radius 1 is 1.13 bits per heavy atom. The smallest absolute Gasteiger partial charge is 0.335 e. The van der Waals surface area contributed by atoms with Crippen LogP contribution in [0.15, 0.2) is 24.3 Å². The first-order valence-electron chi connectivity index (χ1n) is 7.48. The van der Waals surface area contributed by atoms with E-state index in [0.717, 1.165) is 5.56 Å². The Morgan fingerprint density at radius 2 is 1.70 bits per heavy atom. The minimum absolute atomic E-state index is 0.133. The van der Waals surface area contributed by atoms with Gasteiger partial charge in [0.1, 0.15) is 6.04 Å². The molecule has 0 aliphatic heterocycles. The molecule has 23 heavy (non-hydrogen) atoms. The van der Waals surface area contributed by atoms with E-state index < -0.39 is 12.0 Å². The monoisotopic (exact) mass is 320 g/mol. The second-order valence-electron chi connectivity index (χ2n) is 6.75. The third-order valence-electron chi connectivity index (χ3n) is 3.13. The first kappa shape index (κ1) is 18.7. The fraction of sp³-hybridized carbons (Fsp3) is 0.471. The summed E-state index contributed by atoms with van der Waals surface area (Å²) in [4.78, 5) is 34.5. The van der Waals surface area contributed by atoms with E-state index in [4.69, 9.17) is 5.11 Å². The molecule has 1 unspecified atom stereocenters. The van der Waals surface area contributed by atoms with Crippen molar-refractivity contribution in [3.63, 3.8) is 0 Å². The van der Waals surface area contributed by atoms with Gasteiger partial charge in [0.05, 0.1) is 5.56 Å². The average molecular weight is 320 g/mol. The number of amides is 2. The molecule has 0 radical (unpaired) electrons. The highest BCUT2D eigenvalue weighted by Gasteiger charge is 2.20. The van der Waals surface area contributed by atoms with Gasteiger partial charge in [-0.3, -0.25) is 9.59 Å². The molecule has 0 saturated carbocycles. The molecule has 1 rings (SSSR count). The molecule has 0 fully saturated rings. The molecule has 126 valence electrons. The van der Waals surface area contributed by atoms with Gasteiger partial charge in [0.2, 0.25) is 11.8 Å². The molecule has 0 aliphatic carbocycles. The number of hydrogen-bond acceptors (Lipinski definition) is 3. The molecule has 6 nitrogen and oxygen atoms in total. The highest BCUT2D eigenvalue weighted by Crippen LogP contribution is 2.17. The minimum Gasteiger partial charge on any atom is -0.478 e. The lowest BCUT2D eigenvalue weighted by Crippen LogP contribution is -2.45. The summed E-state index contributed by atoms with van der Waals surface area (Å²) in [5.74, 6) is -1.43. The zero-order chi connectivity index (χ0) is 17.6. The molecule has 1 aromatic carbocycles. The van der Waals surface area contributed by atoms with Crippen LogP contribution >= 0.6 is 0 Å². The lowest BCUT2D eigenvalue weighted by molar-refractivity contribution is -0.129. The Balaban J connectivity index is 2.46. The van der Waals surface area contributed by atoms with E-state index in [1.807, 2.05) is 20.8 Å². The molecule has 0 aliphatic rings. The number of carboxylic acid groups (broad SMARTS) is 1. The van der Waals surface area contributed by atoms with Crippen LogP contribution in [0.4, 0.5) is 0 Å². The van der Waals surface area contributed by atoms with E-state index in [-0.39, 0.29) is 29.3 Å². The number of aromatic carboxylic acids is 1. The molecule has 1 atom stereocenters. The van der Waals surface area contributed by atoms with E-state index in [1.54, 1.807) is 19.1 Å². The van der Waals surface area contributed by atoms with Gasteiger partial charge in [0.15, 0.2) is 0 Å². The maximum atomic E-state index is 12.0.